The number of fused-ring (bicyclic) bond motifs is 1. The Hall–Kier alpha value is -3.15. The summed E-state index contributed by atoms with van der Waals surface area (Å²) in [6.07, 6.45) is 0. The van der Waals surface area contributed by atoms with E-state index in [2.05, 4.69) is 0 Å². The van der Waals surface area contributed by atoms with E-state index in [1.165, 1.54) is 43.5 Å². The van der Waals surface area contributed by atoms with Gasteiger partial charge in [0.2, 0.25) is 0 Å². The standard InChI is InChI=1S/C16H12O6/c1-21-9-5-12(19)16-13(20)7-14(22-15(16)6-9)8-2-3-10(17)11(18)4-8/h2-7,17-19H,1H3/p-1. The summed E-state index contributed by atoms with van der Waals surface area (Å²) >= 11 is 0. The number of aromatic hydroxyl groups is 2. The molecule has 6 nitrogen and oxygen atoms in total. The molecule has 2 N–H and O–H groups in total. The highest BCUT2D eigenvalue weighted by Crippen LogP contribution is 2.33. The molecule has 0 saturated carbocycles. The Morgan fingerprint density at radius 3 is 2.55 bits per heavy atom. The van der Waals surface area contributed by atoms with Crippen molar-refractivity contribution in [2.75, 3.05) is 7.11 Å². The molecule has 112 valence electrons. The molecule has 0 spiro atoms. The first-order chi connectivity index (χ1) is 10.5. The minimum Gasteiger partial charge on any atom is -0.870 e. The first-order valence-electron chi connectivity index (χ1n) is 6.35. The minimum absolute atomic E-state index is 0.0363. The molecule has 0 atom stereocenters. The minimum atomic E-state index is -0.522. The normalized spacial score (nSPS) is 10.8. The number of benzene rings is 2. The number of methoxy groups -OCH3 is 1. The first-order valence-corrected chi connectivity index (χ1v) is 6.35. The van der Waals surface area contributed by atoms with Crippen molar-refractivity contribution < 1.29 is 24.5 Å². The van der Waals surface area contributed by atoms with Gasteiger partial charge in [-0.15, -0.1) is 0 Å². The van der Waals surface area contributed by atoms with Gasteiger partial charge in [-0.25, -0.2) is 0 Å². The Balaban J connectivity index is 2.27. The zero-order valence-electron chi connectivity index (χ0n) is 11.5. The van der Waals surface area contributed by atoms with Crippen molar-refractivity contribution in [3.05, 3.63) is 46.6 Å². The Kier molecular flexibility index (Phi) is 3.14. The number of ether oxygens (including phenoxy) is 1. The van der Waals surface area contributed by atoms with Gasteiger partial charge in [0.25, 0.3) is 0 Å². The van der Waals surface area contributed by atoms with Gasteiger partial charge in [-0.3, -0.25) is 4.79 Å². The van der Waals surface area contributed by atoms with Crippen molar-refractivity contribution >= 4 is 11.0 Å². The van der Waals surface area contributed by atoms with Gasteiger partial charge in [-0.05, 0) is 6.07 Å². The van der Waals surface area contributed by atoms with Crippen LogP contribution in [0.1, 0.15) is 0 Å². The highest BCUT2D eigenvalue weighted by molar-refractivity contribution is 5.86. The number of rotatable bonds is 2. The van der Waals surface area contributed by atoms with Crippen LogP contribution in [0, 0.1) is 0 Å². The van der Waals surface area contributed by atoms with Crippen LogP contribution < -0.4 is 15.3 Å². The van der Waals surface area contributed by atoms with E-state index in [0.29, 0.717) is 11.3 Å². The average molecular weight is 299 g/mol. The van der Waals surface area contributed by atoms with Crippen molar-refractivity contribution in [3.8, 4) is 34.3 Å². The van der Waals surface area contributed by atoms with Gasteiger partial charge in [0.15, 0.2) is 5.43 Å². The molecular weight excluding hydrogens is 288 g/mol. The van der Waals surface area contributed by atoms with Crippen molar-refractivity contribution in [1.29, 1.82) is 0 Å². The van der Waals surface area contributed by atoms with Gasteiger partial charge in [0.05, 0.1) is 7.11 Å². The largest absolute Gasteiger partial charge is 0.870 e. The summed E-state index contributed by atoms with van der Waals surface area (Å²) in [6, 6.07) is 7.81. The van der Waals surface area contributed by atoms with Gasteiger partial charge in [-0.2, -0.15) is 0 Å². The molecule has 3 rings (SSSR count). The van der Waals surface area contributed by atoms with Gasteiger partial charge in [0.1, 0.15) is 34.0 Å². The smallest absolute Gasteiger partial charge is 0.197 e. The maximum atomic E-state index is 12.2. The summed E-state index contributed by atoms with van der Waals surface area (Å²) in [4.78, 5) is 12.2. The van der Waals surface area contributed by atoms with Crippen LogP contribution in [-0.4, -0.2) is 17.3 Å². The van der Waals surface area contributed by atoms with E-state index in [1.54, 1.807) is 0 Å². The molecule has 0 saturated heterocycles. The van der Waals surface area contributed by atoms with E-state index in [-0.39, 0.29) is 22.5 Å². The third kappa shape index (κ3) is 2.20. The topological polar surface area (TPSA) is 103 Å². The van der Waals surface area contributed by atoms with Crippen LogP contribution in [0.5, 0.6) is 23.0 Å². The number of phenolic OH excluding ortho intramolecular Hbond substituents is 2. The van der Waals surface area contributed by atoms with Crippen molar-refractivity contribution in [2.45, 2.75) is 0 Å². The third-order valence-corrected chi connectivity index (χ3v) is 3.26. The molecule has 6 heteroatoms. The lowest BCUT2D eigenvalue weighted by Crippen LogP contribution is -2.01. The molecule has 3 aromatic rings. The summed E-state index contributed by atoms with van der Waals surface area (Å²) in [5, 5.41) is 30.6. The predicted octanol–water partition coefficient (Wildman–Crippen LogP) is 1.95. The zero-order valence-corrected chi connectivity index (χ0v) is 11.5. The SMILES string of the molecule is COc1cc(O)c2c(=O)cc(-c3ccc([O-])c(O)c3)oc2c1. The second-order valence-corrected chi connectivity index (χ2v) is 4.68. The molecule has 0 aliphatic heterocycles. The molecule has 0 fully saturated rings. The second kappa shape index (κ2) is 5.00. The second-order valence-electron chi connectivity index (χ2n) is 4.68. The van der Waals surface area contributed by atoms with E-state index in [1.807, 2.05) is 0 Å². The van der Waals surface area contributed by atoms with Crippen LogP contribution in [0.3, 0.4) is 0 Å². The van der Waals surface area contributed by atoms with Crippen molar-refractivity contribution in [2.24, 2.45) is 0 Å². The zero-order chi connectivity index (χ0) is 15.9. The van der Waals surface area contributed by atoms with Gasteiger partial charge >= 0.3 is 0 Å². The van der Waals surface area contributed by atoms with Crippen LogP contribution in [0.4, 0.5) is 0 Å². The molecule has 1 heterocycles. The van der Waals surface area contributed by atoms with Gasteiger partial charge in [0, 0.05) is 23.8 Å². The Morgan fingerprint density at radius 1 is 1.09 bits per heavy atom. The fraction of sp³-hybridized carbons (Fsp3) is 0.0625. The molecule has 0 amide bonds. The number of phenols is 2. The fourth-order valence-electron chi connectivity index (χ4n) is 2.17. The van der Waals surface area contributed by atoms with Crippen LogP contribution in [0.25, 0.3) is 22.3 Å². The molecule has 0 aliphatic rings. The Morgan fingerprint density at radius 2 is 1.86 bits per heavy atom. The third-order valence-electron chi connectivity index (χ3n) is 3.26. The molecule has 0 unspecified atom stereocenters. The lowest BCUT2D eigenvalue weighted by atomic mass is 10.1. The molecular formula is C16H11O6-. The summed E-state index contributed by atoms with van der Waals surface area (Å²) in [5.74, 6) is -0.698. The van der Waals surface area contributed by atoms with E-state index in [0.717, 1.165) is 0 Å². The van der Waals surface area contributed by atoms with Crippen molar-refractivity contribution in [1.82, 2.24) is 0 Å². The Labute approximate surface area is 124 Å². The van der Waals surface area contributed by atoms with E-state index in [4.69, 9.17) is 9.15 Å². The van der Waals surface area contributed by atoms with Gasteiger partial charge < -0.3 is 24.5 Å². The van der Waals surface area contributed by atoms with E-state index >= 15 is 0 Å². The van der Waals surface area contributed by atoms with Crippen LogP contribution in [-0.2, 0) is 0 Å². The number of hydrogen-bond donors (Lipinski definition) is 2. The molecule has 22 heavy (non-hydrogen) atoms. The fourth-order valence-corrected chi connectivity index (χ4v) is 2.17. The summed E-state index contributed by atoms with van der Waals surface area (Å²) in [7, 11) is 1.42. The van der Waals surface area contributed by atoms with Crippen LogP contribution in [0.15, 0.2) is 45.6 Å². The van der Waals surface area contributed by atoms with Crippen molar-refractivity contribution in [3.63, 3.8) is 0 Å². The summed E-state index contributed by atoms with van der Waals surface area (Å²) in [6.45, 7) is 0. The first kappa shape index (κ1) is 13.8. The maximum Gasteiger partial charge on any atom is 0.197 e. The highest BCUT2D eigenvalue weighted by Gasteiger charge is 2.13. The predicted molar refractivity (Wildman–Crippen MR) is 77.2 cm³/mol. The molecule has 2 aromatic carbocycles. The summed E-state index contributed by atoms with van der Waals surface area (Å²) in [5.41, 5.74) is 0.0746. The monoisotopic (exact) mass is 299 g/mol. The quantitative estimate of drug-likeness (QED) is 0.749. The van der Waals surface area contributed by atoms with Crippen LogP contribution >= 0.6 is 0 Å². The van der Waals surface area contributed by atoms with E-state index in [9.17, 15) is 20.1 Å². The molecule has 0 bridgehead atoms. The van der Waals surface area contributed by atoms with E-state index < -0.39 is 16.9 Å². The lowest BCUT2D eigenvalue weighted by molar-refractivity contribution is -0.270. The van der Waals surface area contributed by atoms with Crippen LogP contribution in [0.2, 0.25) is 0 Å². The number of hydrogen-bond acceptors (Lipinski definition) is 6. The maximum absolute atomic E-state index is 12.2. The van der Waals surface area contributed by atoms with Gasteiger partial charge in [-0.1, -0.05) is 17.9 Å². The summed E-state index contributed by atoms with van der Waals surface area (Å²) < 4.78 is 10.6. The highest BCUT2D eigenvalue weighted by atomic mass is 16.5. The molecule has 1 aromatic heterocycles. The lowest BCUT2D eigenvalue weighted by Gasteiger charge is -2.10. The molecule has 0 radical (unpaired) electrons. The molecule has 0 aliphatic carbocycles. The Bertz CT molecular complexity index is 926. The average Bonchev–Trinajstić information content (AvgIpc) is 2.49.